The molecule has 0 bridgehead atoms. The first-order valence-corrected chi connectivity index (χ1v) is 4.20. The number of hydrogen-bond donors (Lipinski definition) is 0. The molecular formula is C10H11ClO. The van der Waals surface area contributed by atoms with Crippen molar-refractivity contribution in [3.05, 3.63) is 41.4 Å². The van der Waals surface area contributed by atoms with E-state index >= 15 is 0 Å². The van der Waals surface area contributed by atoms with Gasteiger partial charge in [0.1, 0.15) is 12.4 Å². The van der Waals surface area contributed by atoms with E-state index in [1.807, 2.05) is 37.3 Å². The Labute approximate surface area is 77.6 Å². The zero-order valence-electron chi connectivity index (χ0n) is 6.96. The zero-order valence-corrected chi connectivity index (χ0v) is 7.71. The topological polar surface area (TPSA) is 9.23 Å². The number of benzene rings is 1. The second kappa shape index (κ2) is 4.83. The van der Waals surface area contributed by atoms with Gasteiger partial charge >= 0.3 is 0 Å². The van der Waals surface area contributed by atoms with Gasteiger partial charge in [0.2, 0.25) is 0 Å². The zero-order chi connectivity index (χ0) is 8.81. The highest BCUT2D eigenvalue weighted by Gasteiger charge is 1.91. The Morgan fingerprint density at radius 2 is 2.33 bits per heavy atom. The molecule has 64 valence electrons. The van der Waals surface area contributed by atoms with Gasteiger partial charge in [-0.1, -0.05) is 29.8 Å². The molecule has 2 heteroatoms. The molecule has 0 saturated heterocycles. The lowest BCUT2D eigenvalue weighted by Crippen LogP contribution is -1.92. The summed E-state index contributed by atoms with van der Waals surface area (Å²) in [6, 6.07) is 7.37. The van der Waals surface area contributed by atoms with Crippen molar-refractivity contribution < 1.29 is 4.74 Å². The van der Waals surface area contributed by atoms with E-state index in [1.54, 1.807) is 6.07 Å². The van der Waals surface area contributed by atoms with Gasteiger partial charge < -0.3 is 4.74 Å². The van der Waals surface area contributed by atoms with E-state index in [-0.39, 0.29) is 0 Å². The third-order valence-corrected chi connectivity index (χ3v) is 1.61. The number of allylic oxidation sites excluding steroid dienone is 1. The van der Waals surface area contributed by atoms with Crippen molar-refractivity contribution in [2.45, 2.75) is 6.92 Å². The minimum Gasteiger partial charge on any atom is -0.489 e. The maximum absolute atomic E-state index is 5.76. The Hall–Kier alpha value is -0.950. The standard InChI is InChI=1S/C10H11ClO/c1-2-3-7-12-10-6-4-5-9(11)8-10/h2-6,8H,7H2,1H3. The molecule has 0 amide bonds. The molecule has 12 heavy (non-hydrogen) atoms. The van der Waals surface area contributed by atoms with Crippen molar-refractivity contribution >= 4 is 11.6 Å². The molecule has 0 saturated carbocycles. The average Bonchev–Trinajstić information content (AvgIpc) is 2.05. The third kappa shape index (κ3) is 2.97. The fourth-order valence-corrected chi connectivity index (χ4v) is 0.978. The normalized spacial score (nSPS) is 10.5. The molecular weight excluding hydrogens is 172 g/mol. The molecule has 0 aliphatic carbocycles. The lowest BCUT2D eigenvalue weighted by molar-refractivity contribution is 0.363. The van der Waals surface area contributed by atoms with Crippen LogP contribution in [0.3, 0.4) is 0 Å². The van der Waals surface area contributed by atoms with Gasteiger partial charge in [0.25, 0.3) is 0 Å². The van der Waals surface area contributed by atoms with E-state index in [9.17, 15) is 0 Å². The van der Waals surface area contributed by atoms with Crippen LogP contribution in [0.2, 0.25) is 5.02 Å². The molecule has 0 spiro atoms. The Morgan fingerprint density at radius 1 is 1.50 bits per heavy atom. The van der Waals surface area contributed by atoms with E-state index in [0.717, 1.165) is 5.75 Å². The molecule has 0 heterocycles. The summed E-state index contributed by atoms with van der Waals surface area (Å²) >= 11 is 5.76. The van der Waals surface area contributed by atoms with Gasteiger partial charge in [-0.3, -0.25) is 0 Å². The highest BCUT2D eigenvalue weighted by Crippen LogP contribution is 2.16. The molecule has 1 aromatic rings. The van der Waals surface area contributed by atoms with Gasteiger partial charge in [-0.25, -0.2) is 0 Å². The lowest BCUT2D eigenvalue weighted by Gasteiger charge is -2.01. The summed E-state index contributed by atoms with van der Waals surface area (Å²) in [5, 5.41) is 0.702. The predicted molar refractivity (Wildman–Crippen MR) is 51.8 cm³/mol. The maximum Gasteiger partial charge on any atom is 0.121 e. The van der Waals surface area contributed by atoms with Crippen molar-refractivity contribution in [2.24, 2.45) is 0 Å². The first-order chi connectivity index (χ1) is 5.83. The molecule has 0 atom stereocenters. The van der Waals surface area contributed by atoms with Gasteiger partial charge in [-0.05, 0) is 25.1 Å². The number of hydrogen-bond acceptors (Lipinski definition) is 1. The van der Waals surface area contributed by atoms with Crippen LogP contribution in [0, 0.1) is 0 Å². The highest BCUT2D eigenvalue weighted by atomic mass is 35.5. The summed E-state index contributed by atoms with van der Waals surface area (Å²) in [7, 11) is 0. The Morgan fingerprint density at radius 3 is 3.00 bits per heavy atom. The second-order valence-electron chi connectivity index (χ2n) is 2.34. The minimum atomic E-state index is 0.594. The van der Waals surface area contributed by atoms with Crippen LogP contribution in [-0.2, 0) is 0 Å². The summed E-state index contributed by atoms with van der Waals surface area (Å²) in [5.74, 6) is 0.806. The van der Waals surface area contributed by atoms with Gasteiger partial charge in [-0.15, -0.1) is 0 Å². The molecule has 0 fully saturated rings. The van der Waals surface area contributed by atoms with Gasteiger partial charge in [-0.2, -0.15) is 0 Å². The van der Waals surface area contributed by atoms with E-state index in [2.05, 4.69) is 0 Å². The van der Waals surface area contributed by atoms with Crippen LogP contribution in [0.4, 0.5) is 0 Å². The molecule has 0 N–H and O–H groups in total. The molecule has 1 rings (SSSR count). The van der Waals surface area contributed by atoms with Gasteiger partial charge in [0.15, 0.2) is 0 Å². The van der Waals surface area contributed by atoms with Crippen LogP contribution in [0.15, 0.2) is 36.4 Å². The fourth-order valence-electron chi connectivity index (χ4n) is 0.797. The van der Waals surface area contributed by atoms with Crippen molar-refractivity contribution in [1.29, 1.82) is 0 Å². The molecule has 1 aromatic carbocycles. The van der Waals surface area contributed by atoms with Gasteiger partial charge in [0.05, 0.1) is 0 Å². The molecule has 1 nitrogen and oxygen atoms in total. The smallest absolute Gasteiger partial charge is 0.121 e. The lowest BCUT2D eigenvalue weighted by atomic mass is 10.3. The number of halogens is 1. The summed E-state index contributed by atoms with van der Waals surface area (Å²) in [6.07, 6.45) is 3.89. The molecule has 0 aliphatic heterocycles. The number of ether oxygens (including phenoxy) is 1. The van der Waals surface area contributed by atoms with Crippen molar-refractivity contribution in [2.75, 3.05) is 6.61 Å². The first-order valence-electron chi connectivity index (χ1n) is 3.82. The Kier molecular flexibility index (Phi) is 3.68. The van der Waals surface area contributed by atoms with Crippen LogP contribution in [0.25, 0.3) is 0 Å². The van der Waals surface area contributed by atoms with Crippen molar-refractivity contribution in [3.63, 3.8) is 0 Å². The summed E-state index contributed by atoms with van der Waals surface area (Å²) in [6.45, 7) is 2.55. The largest absolute Gasteiger partial charge is 0.489 e. The Bertz CT molecular complexity index is 268. The summed E-state index contributed by atoms with van der Waals surface area (Å²) in [4.78, 5) is 0. The molecule has 0 radical (unpaired) electrons. The SMILES string of the molecule is CC=CCOc1cccc(Cl)c1. The van der Waals surface area contributed by atoms with E-state index < -0.39 is 0 Å². The van der Waals surface area contributed by atoms with Gasteiger partial charge in [0, 0.05) is 5.02 Å². The maximum atomic E-state index is 5.76. The highest BCUT2D eigenvalue weighted by molar-refractivity contribution is 6.30. The third-order valence-electron chi connectivity index (χ3n) is 1.38. The van der Waals surface area contributed by atoms with Crippen molar-refractivity contribution in [3.8, 4) is 5.75 Å². The quantitative estimate of drug-likeness (QED) is 0.652. The number of rotatable bonds is 3. The van der Waals surface area contributed by atoms with Crippen LogP contribution < -0.4 is 4.74 Å². The minimum absolute atomic E-state index is 0.594. The van der Waals surface area contributed by atoms with E-state index in [1.165, 1.54) is 0 Å². The molecule has 0 unspecified atom stereocenters. The van der Waals surface area contributed by atoms with Crippen LogP contribution in [0.5, 0.6) is 5.75 Å². The van der Waals surface area contributed by atoms with Crippen LogP contribution >= 0.6 is 11.6 Å². The fraction of sp³-hybridized carbons (Fsp3) is 0.200. The summed E-state index contributed by atoms with van der Waals surface area (Å²) in [5.41, 5.74) is 0. The molecule has 0 aliphatic rings. The first kappa shape index (κ1) is 9.14. The summed E-state index contributed by atoms with van der Waals surface area (Å²) < 4.78 is 5.36. The predicted octanol–water partition coefficient (Wildman–Crippen LogP) is 3.29. The van der Waals surface area contributed by atoms with E-state index in [4.69, 9.17) is 16.3 Å². The Balaban J connectivity index is 2.52. The monoisotopic (exact) mass is 182 g/mol. The van der Waals surface area contributed by atoms with Crippen molar-refractivity contribution in [1.82, 2.24) is 0 Å². The second-order valence-corrected chi connectivity index (χ2v) is 2.77. The average molecular weight is 183 g/mol. The molecule has 0 aromatic heterocycles. The van der Waals surface area contributed by atoms with Crippen LogP contribution in [0.1, 0.15) is 6.92 Å². The van der Waals surface area contributed by atoms with E-state index in [0.29, 0.717) is 11.6 Å². The van der Waals surface area contributed by atoms with Crippen LogP contribution in [-0.4, -0.2) is 6.61 Å².